The van der Waals surface area contributed by atoms with Crippen LogP contribution in [0, 0.1) is 11.8 Å². The van der Waals surface area contributed by atoms with E-state index in [1.54, 1.807) is 0 Å². The van der Waals surface area contributed by atoms with Crippen molar-refractivity contribution >= 4 is 7.05 Å². The fraction of sp³-hybridized carbons (Fsp3) is 1.00. The van der Waals surface area contributed by atoms with Crippen LogP contribution in [-0.2, 0) is 0 Å². The highest BCUT2D eigenvalue weighted by atomic mass is 16.2. The van der Waals surface area contributed by atoms with Crippen molar-refractivity contribution < 1.29 is 5.02 Å². The number of hydrogen-bond donors (Lipinski definition) is 2. The third kappa shape index (κ3) is 2.96. The zero-order valence-electron chi connectivity index (χ0n) is 9.78. The average molecular weight is 210 g/mol. The van der Waals surface area contributed by atoms with Gasteiger partial charge in [-0.3, -0.25) is 0 Å². The SMILES string of the molecule is CB(O)N1CCC(C2CCNCC2)CC1. The van der Waals surface area contributed by atoms with Crippen LogP contribution in [0.1, 0.15) is 25.7 Å². The molecule has 0 atom stereocenters. The maximum absolute atomic E-state index is 9.49. The number of piperidine rings is 2. The molecule has 2 rings (SSSR count). The second kappa shape index (κ2) is 5.33. The summed E-state index contributed by atoms with van der Waals surface area (Å²) < 4.78 is 0. The van der Waals surface area contributed by atoms with Gasteiger partial charge in [0.25, 0.3) is 0 Å². The van der Waals surface area contributed by atoms with E-state index in [1.165, 1.54) is 38.8 Å². The van der Waals surface area contributed by atoms with E-state index in [-0.39, 0.29) is 7.05 Å². The summed E-state index contributed by atoms with van der Waals surface area (Å²) >= 11 is 0. The van der Waals surface area contributed by atoms with Crippen LogP contribution in [0.15, 0.2) is 0 Å². The first kappa shape index (κ1) is 11.4. The Morgan fingerprint density at radius 3 is 2.13 bits per heavy atom. The van der Waals surface area contributed by atoms with Crippen molar-refractivity contribution in [1.29, 1.82) is 0 Å². The van der Waals surface area contributed by atoms with Crippen LogP contribution in [0.25, 0.3) is 0 Å². The first-order valence-electron chi connectivity index (χ1n) is 6.40. The fourth-order valence-corrected chi connectivity index (χ4v) is 3.08. The highest BCUT2D eigenvalue weighted by Gasteiger charge is 2.29. The van der Waals surface area contributed by atoms with Crippen molar-refractivity contribution in [2.75, 3.05) is 26.2 Å². The summed E-state index contributed by atoms with van der Waals surface area (Å²) in [5.41, 5.74) is 0. The summed E-state index contributed by atoms with van der Waals surface area (Å²) in [4.78, 5) is 2.19. The van der Waals surface area contributed by atoms with Crippen LogP contribution in [0.2, 0.25) is 6.82 Å². The molecular formula is C11H23BN2O. The quantitative estimate of drug-likeness (QED) is 0.662. The minimum absolute atomic E-state index is 0.251. The maximum Gasteiger partial charge on any atom is 0.376 e. The molecule has 0 aromatic rings. The van der Waals surface area contributed by atoms with Gasteiger partial charge in [-0.05, 0) is 70.5 Å². The van der Waals surface area contributed by atoms with Gasteiger partial charge in [0.2, 0.25) is 0 Å². The van der Waals surface area contributed by atoms with Gasteiger partial charge in [-0.15, -0.1) is 0 Å². The van der Waals surface area contributed by atoms with Crippen molar-refractivity contribution in [1.82, 2.24) is 10.1 Å². The molecule has 0 amide bonds. The molecule has 0 spiro atoms. The standard InChI is InChI=1S/C11H23BN2O/c1-12(15)14-8-4-11(5-9-14)10-2-6-13-7-3-10/h10-11,13,15H,2-9H2,1H3. The monoisotopic (exact) mass is 210 g/mol. The number of hydrogen-bond acceptors (Lipinski definition) is 3. The Balaban J connectivity index is 1.77. The molecule has 0 radical (unpaired) electrons. The van der Waals surface area contributed by atoms with Crippen LogP contribution < -0.4 is 5.32 Å². The molecule has 2 saturated heterocycles. The third-order valence-corrected chi connectivity index (χ3v) is 4.15. The molecule has 3 nitrogen and oxygen atoms in total. The van der Waals surface area contributed by atoms with Crippen molar-refractivity contribution in [3.63, 3.8) is 0 Å². The Hall–Kier alpha value is -0.0551. The number of rotatable bonds is 2. The lowest BCUT2D eigenvalue weighted by atomic mass is 9.75. The first-order valence-corrected chi connectivity index (χ1v) is 6.40. The summed E-state index contributed by atoms with van der Waals surface area (Å²) in [6.45, 7) is 6.48. The van der Waals surface area contributed by atoms with Crippen molar-refractivity contribution in [2.45, 2.75) is 32.5 Å². The van der Waals surface area contributed by atoms with E-state index in [0.29, 0.717) is 0 Å². The molecule has 0 aromatic carbocycles. The minimum Gasteiger partial charge on any atom is -0.437 e. The van der Waals surface area contributed by atoms with E-state index in [9.17, 15) is 5.02 Å². The van der Waals surface area contributed by atoms with Crippen molar-refractivity contribution in [2.24, 2.45) is 11.8 Å². The van der Waals surface area contributed by atoms with Gasteiger partial charge in [-0.2, -0.15) is 0 Å². The summed E-state index contributed by atoms with van der Waals surface area (Å²) in [5.74, 6) is 1.87. The maximum atomic E-state index is 9.49. The molecule has 0 aliphatic carbocycles. The minimum atomic E-state index is -0.251. The normalized spacial score (nSPS) is 26.8. The molecule has 0 aromatic heterocycles. The van der Waals surface area contributed by atoms with Gasteiger partial charge in [0.15, 0.2) is 0 Å². The molecule has 2 N–H and O–H groups in total. The van der Waals surface area contributed by atoms with Gasteiger partial charge < -0.3 is 15.2 Å². The Labute approximate surface area is 93.4 Å². The van der Waals surface area contributed by atoms with E-state index in [0.717, 1.165) is 24.9 Å². The lowest BCUT2D eigenvalue weighted by Crippen LogP contribution is -2.45. The first-order chi connectivity index (χ1) is 7.27. The van der Waals surface area contributed by atoms with Crippen LogP contribution in [-0.4, -0.2) is 43.1 Å². The van der Waals surface area contributed by atoms with Crippen LogP contribution in [0.5, 0.6) is 0 Å². The largest absolute Gasteiger partial charge is 0.437 e. The van der Waals surface area contributed by atoms with E-state index in [4.69, 9.17) is 0 Å². The highest BCUT2D eigenvalue weighted by Crippen LogP contribution is 2.30. The Morgan fingerprint density at radius 2 is 1.60 bits per heavy atom. The molecule has 2 aliphatic rings. The molecule has 0 bridgehead atoms. The number of nitrogens with zero attached hydrogens (tertiary/aromatic N) is 1. The Bertz CT molecular complexity index is 187. The van der Waals surface area contributed by atoms with Gasteiger partial charge in [0.1, 0.15) is 0 Å². The van der Waals surface area contributed by atoms with E-state index >= 15 is 0 Å². The van der Waals surface area contributed by atoms with Crippen molar-refractivity contribution in [3.05, 3.63) is 0 Å². The molecule has 15 heavy (non-hydrogen) atoms. The fourth-order valence-electron chi connectivity index (χ4n) is 3.08. The van der Waals surface area contributed by atoms with E-state index in [2.05, 4.69) is 10.1 Å². The topological polar surface area (TPSA) is 35.5 Å². The molecule has 86 valence electrons. The molecular weight excluding hydrogens is 187 g/mol. The van der Waals surface area contributed by atoms with E-state index in [1.807, 2.05) is 6.82 Å². The van der Waals surface area contributed by atoms with Gasteiger partial charge in [-0.1, -0.05) is 0 Å². The molecule has 4 heteroatoms. The third-order valence-electron chi connectivity index (χ3n) is 4.15. The second-order valence-corrected chi connectivity index (χ2v) is 5.09. The highest BCUT2D eigenvalue weighted by molar-refractivity contribution is 6.45. The van der Waals surface area contributed by atoms with Gasteiger partial charge in [-0.25, -0.2) is 0 Å². The van der Waals surface area contributed by atoms with Gasteiger partial charge >= 0.3 is 7.05 Å². The van der Waals surface area contributed by atoms with Crippen LogP contribution in [0.4, 0.5) is 0 Å². The lowest BCUT2D eigenvalue weighted by Gasteiger charge is -2.38. The van der Waals surface area contributed by atoms with E-state index < -0.39 is 0 Å². The van der Waals surface area contributed by atoms with Crippen molar-refractivity contribution in [3.8, 4) is 0 Å². The van der Waals surface area contributed by atoms with Crippen LogP contribution >= 0.6 is 0 Å². The zero-order valence-corrected chi connectivity index (χ0v) is 9.78. The average Bonchev–Trinajstić information content (AvgIpc) is 2.30. The second-order valence-electron chi connectivity index (χ2n) is 5.09. The molecule has 2 aliphatic heterocycles. The smallest absolute Gasteiger partial charge is 0.376 e. The molecule has 2 fully saturated rings. The Kier molecular flexibility index (Phi) is 4.06. The van der Waals surface area contributed by atoms with Gasteiger partial charge in [0, 0.05) is 0 Å². The van der Waals surface area contributed by atoms with Gasteiger partial charge in [0.05, 0.1) is 0 Å². The molecule has 2 heterocycles. The lowest BCUT2D eigenvalue weighted by molar-refractivity contribution is 0.167. The predicted octanol–water partition coefficient (Wildman–Crippen LogP) is 0.808. The predicted molar refractivity (Wildman–Crippen MR) is 63.7 cm³/mol. The van der Waals surface area contributed by atoms with Crippen LogP contribution in [0.3, 0.4) is 0 Å². The summed E-state index contributed by atoms with van der Waals surface area (Å²) in [6, 6.07) is 0. The summed E-state index contributed by atoms with van der Waals surface area (Å²) in [6.07, 6.45) is 5.30. The molecule has 0 unspecified atom stereocenters. The Morgan fingerprint density at radius 1 is 1.07 bits per heavy atom. The summed E-state index contributed by atoms with van der Waals surface area (Å²) in [5, 5.41) is 12.9. The number of nitrogens with one attached hydrogen (secondary N) is 1. The molecule has 0 saturated carbocycles. The summed E-state index contributed by atoms with van der Waals surface area (Å²) in [7, 11) is -0.251. The zero-order chi connectivity index (χ0) is 10.7.